The van der Waals surface area contributed by atoms with Crippen molar-refractivity contribution in [2.24, 2.45) is 0 Å². The number of nitrogens with zero attached hydrogens (tertiary/aromatic N) is 3. The molecule has 2 aliphatic heterocycles. The van der Waals surface area contributed by atoms with Gasteiger partial charge in [0, 0.05) is 29.6 Å². The molecule has 1 unspecified atom stereocenters. The first-order chi connectivity index (χ1) is 11.7. The van der Waals surface area contributed by atoms with E-state index in [4.69, 9.17) is 0 Å². The first-order valence-corrected chi connectivity index (χ1v) is 9.24. The summed E-state index contributed by atoms with van der Waals surface area (Å²) in [5, 5.41) is 2.84. The zero-order chi connectivity index (χ0) is 16.7. The maximum atomic E-state index is 13.0. The molecule has 0 spiro atoms. The maximum Gasteiger partial charge on any atom is 0.275 e. The monoisotopic (exact) mass is 341 g/mol. The molecule has 24 heavy (non-hydrogen) atoms. The van der Waals surface area contributed by atoms with E-state index in [0.29, 0.717) is 24.3 Å². The van der Waals surface area contributed by atoms with Crippen molar-refractivity contribution in [1.82, 2.24) is 14.8 Å². The van der Waals surface area contributed by atoms with Crippen LogP contribution in [0.25, 0.3) is 0 Å². The highest BCUT2D eigenvalue weighted by Gasteiger charge is 2.44. The molecule has 2 aromatic rings. The van der Waals surface area contributed by atoms with Gasteiger partial charge in [-0.05, 0) is 25.3 Å². The second-order valence-corrected chi connectivity index (χ2v) is 7.13. The Labute approximate surface area is 144 Å². The van der Waals surface area contributed by atoms with Crippen LogP contribution in [0, 0.1) is 0 Å². The highest BCUT2D eigenvalue weighted by atomic mass is 32.1. The van der Waals surface area contributed by atoms with Gasteiger partial charge in [0.15, 0.2) is 0 Å². The Morgan fingerprint density at radius 3 is 3.00 bits per heavy atom. The minimum atomic E-state index is -0.286. The number of benzene rings is 1. The third-order valence-corrected chi connectivity index (χ3v) is 5.52. The molecule has 1 atom stereocenters. The van der Waals surface area contributed by atoms with E-state index >= 15 is 0 Å². The van der Waals surface area contributed by atoms with Crippen LogP contribution < -0.4 is 0 Å². The van der Waals surface area contributed by atoms with Crippen molar-refractivity contribution in [2.45, 2.75) is 32.4 Å². The molecule has 1 fully saturated rings. The van der Waals surface area contributed by atoms with E-state index in [-0.39, 0.29) is 18.0 Å². The summed E-state index contributed by atoms with van der Waals surface area (Å²) in [7, 11) is 0. The molecular weight excluding hydrogens is 322 g/mol. The van der Waals surface area contributed by atoms with Crippen molar-refractivity contribution in [2.75, 3.05) is 13.1 Å². The normalized spacial score (nSPS) is 19.4. The van der Waals surface area contributed by atoms with Crippen LogP contribution in [0.2, 0.25) is 0 Å². The molecule has 0 saturated carbocycles. The Kier molecular flexibility index (Phi) is 3.84. The third-order valence-electron chi connectivity index (χ3n) is 4.61. The fourth-order valence-corrected chi connectivity index (χ4v) is 4.42. The third kappa shape index (κ3) is 2.33. The molecule has 0 radical (unpaired) electrons. The van der Waals surface area contributed by atoms with E-state index < -0.39 is 0 Å². The summed E-state index contributed by atoms with van der Waals surface area (Å²) in [6.45, 7) is 3.45. The number of aromatic nitrogens is 1. The van der Waals surface area contributed by atoms with Crippen molar-refractivity contribution in [3.05, 3.63) is 51.5 Å². The molecule has 1 aromatic carbocycles. The Bertz CT molecular complexity index is 801. The van der Waals surface area contributed by atoms with Crippen molar-refractivity contribution < 1.29 is 9.59 Å². The topological polar surface area (TPSA) is 53.5 Å². The van der Waals surface area contributed by atoms with E-state index in [0.717, 1.165) is 29.8 Å². The second kappa shape index (κ2) is 6.02. The number of aryl methyl sites for hydroxylation is 1. The van der Waals surface area contributed by atoms with Gasteiger partial charge in [0.05, 0.1) is 5.01 Å². The van der Waals surface area contributed by atoms with Gasteiger partial charge in [0.2, 0.25) is 0 Å². The molecule has 0 bridgehead atoms. The van der Waals surface area contributed by atoms with Gasteiger partial charge >= 0.3 is 0 Å². The number of amides is 2. The average molecular weight is 341 g/mol. The molecular formula is C18H19N3O2S. The minimum Gasteiger partial charge on any atom is -0.314 e. The van der Waals surface area contributed by atoms with Gasteiger partial charge in [-0.25, -0.2) is 4.98 Å². The highest BCUT2D eigenvalue weighted by molar-refractivity contribution is 7.09. The highest BCUT2D eigenvalue weighted by Crippen LogP contribution is 2.39. The predicted molar refractivity (Wildman–Crippen MR) is 92.0 cm³/mol. The SMILES string of the molecule is CCCc1nc(C(=O)N2CCCN3C(=O)c4ccccc4C23)cs1. The Balaban J connectivity index is 1.67. The number of thiazole rings is 1. The first kappa shape index (κ1) is 15.3. The molecule has 0 N–H and O–H groups in total. The maximum absolute atomic E-state index is 13.0. The van der Waals surface area contributed by atoms with E-state index in [2.05, 4.69) is 11.9 Å². The van der Waals surface area contributed by atoms with Gasteiger partial charge in [-0.15, -0.1) is 11.3 Å². The summed E-state index contributed by atoms with van der Waals surface area (Å²) in [6, 6.07) is 7.60. The van der Waals surface area contributed by atoms with Crippen molar-refractivity contribution in [1.29, 1.82) is 0 Å². The molecule has 2 aliphatic rings. The lowest BCUT2D eigenvalue weighted by Gasteiger charge is -2.39. The molecule has 1 aromatic heterocycles. The van der Waals surface area contributed by atoms with E-state index in [1.807, 2.05) is 34.5 Å². The number of hydrogen-bond acceptors (Lipinski definition) is 4. The van der Waals surface area contributed by atoms with Crippen LogP contribution in [0.3, 0.4) is 0 Å². The predicted octanol–water partition coefficient (Wildman–Crippen LogP) is 3.10. The minimum absolute atomic E-state index is 0.0260. The van der Waals surface area contributed by atoms with E-state index in [9.17, 15) is 9.59 Å². The Morgan fingerprint density at radius 2 is 2.17 bits per heavy atom. The summed E-state index contributed by atoms with van der Waals surface area (Å²) in [5.74, 6) is -0.0501. The molecule has 124 valence electrons. The lowest BCUT2D eigenvalue weighted by molar-refractivity contribution is 0.0161. The van der Waals surface area contributed by atoms with Gasteiger partial charge in [0.1, 0.15) is 11.9 Å². The molecule has 3 heterocycles. The van der Waals surface area contributed by atoms with Gasteiger partial charge in [-0.2, -0.15) is 0 Å². The Morgan fingerprint density at radius 1 is 1.33 bits per heavy atom. The zero-order valence-corrected chi connectivity index (χ0v) is 14.4. The van der Waals surface area contributed by atoms with Crippen LogP contribution in [0.1, 0.15) is 57.3 Å². The van der Waals surface area contributed by atoms with Gasteiger partial charge in [0.25, 0.3) is 11.8 Å². The smallest absolute Gasteiger partial charge is 0.275 e. The number of fused-ring (bicyclic) bond motifs is 3. The van der Waals surface area contributed by atoms with Gasteiger partial charge in [-0.3, -0.25) is 9.59 Å². The molecule has 4 rings (SSSR count). The van der Waals surface area contributed by atoms with Crippen LogP contribution in [0.4, 0.5) is 0 Å². The molecule has 0 aliphatic carbocycles. The van der Waals surface area contributed by atoms with Crippen molar-refractivity contribution in [3.8, 4) is 0 Å². The summed E-state index contributed by atoms with van der Waals surface area (Å²) < 4.78 is 0. The van der Waals surface area contributed by atoms with Crippen LogP contribution in [0.5, 0.6) is 0 Å². The van der Waals surface area contributed by atoms with Gasteiger partial charge < -0.3 is 9.80 Å². The van der Waals surface area contributed by atoms with Crippen LogP contribution in [-0.2, 0) is 6.42 Å². The van der Waals surface area contributed by atoms with Crippen LogP contribution in [0.15, 0.2) is 29.6 Å². The quantitative estimate of drug-likeness (QED) is 0.862. The van der Waals surface area contributed by atoms with Crippen molar-refractivity contribution >= 4 is 23.2 Å². The molecule has 5 nitrogen and oxygen atoms in total. The summed E-state index contributed by atoms with van der Waals surface area (Å²) in [4.78, 5) is 33.7. The second-order valence-electron chi connectivity index (χ2n) is 6.19. The van der Waals surface area contributed by atoms with Gasteiger partial charge in [-0.1, -0.05) is 25.1 Å². The fraction of sp³-hybridized carbons (Fsp3) is 0.389. The summed E-state index contributed by atoms with van der Waals surface area (Å²) in [6.07, 6.45) is 2.43. The van der Waals surface area contributed by atoms with Crippen molar-refractivity contribution in [3.63, 3.8) is 0 Å². The molecule has 6 heteroatoms. The van der Waals surface area contributed by atoms with Crippen LogP contribution in [-0.4, -0.2) is 39.7 Å². The zero-order valence-electron chi connectivity index (χ0n) is 13.6. The molecule has 2 amide bonds. The Hall–Kier alpha value is -2.21. The summed E-state index contributed by atoms with van der Waals surface area (Å²) >= 11 is 1.54. The standard InChI is InChI=1S/C18H19N3O2S/c1-2-6-15-19-14(11-24-15)18(23)21-10-5-9-20-16(21)12-7-3-4-8-13(12)17(20)22/h3-4,7-8,11,16H,2,5-6,9-10H2,1H3. The lowest BCUT2D eigenvalue weighted by atomic mass is 10.1. The lowest BCUT2D eigenvalue weighted by Crippen LogP contribution is -2.48. The van der Waals surface area contributed by atoms with E-state index in [1.54, 1.807) is 4.90 Å². The fourth-order valence-electron chi connectivity index (χ4n) is 3.54. The number of carbonyl (C=O) groups is 2. The number of carbonyl (C=O) groups excluding carboxylic acids is 2. The first-order valence-electron chi connectivity index (χ1n) is 8.36. The average Bonchev–Trinajstić information content (AvgIpc) is 3.19. The molecule has 1 saturated heterocycles. The summed E-state index contributed by atoms with van der Waals surface area (Å²) in [5.41, 5.74) is 2.15. The van der Waals surface area contributed by atoms with E-state index in [1.165, 1.54) is 11.3 Å². The number of rotatable bonds is 3. The largest absolute Gasteiger partial charge is 0.314 e. The number of hydrogen-bond donors (Lipinski definition) is 0. The van der Waals surface area contributed by atoms with Crippen LogP contribution >= 0.6 is 11.3 Å².